The fourth-order valence-corrected chi connectivity index (χ4v) is 2.24. The second kappa shape index (κ2) is 5.15. The molecule has 0 unspecified atom stereocenters. The molecule has 98 valence electrons. The van der Waals surface area contributed by atoms with Crippen molar-refractivity contribution in [2.24, 2.45) is 0 Å². The Morgan fingerprint density at radius 2 is 2.17 bits per heavy atom. The number of hydrogen-bond donors (Lipinski definition) is 2. The van der Waals surface area contributed by atoms with Gasteiger partial charge < -0.3 is 5.11 Å². The summed E-state index contributed by atoms with van der Waals surface area (Å²) in [7, 11) is -3.85. The summed E-state index contributed by atoms with van der Waals surface area (Å²) in [6.07, 6.45) is 0. The smallest absolute Gasteiger partial charge is 0.312 e. The lowest BCUT2D eigenvalue weighted by molar-refractivity contribution is -0.386. The third-order valence-corrected chi connectivity index (χ3v) is 3.42. The average Bonchev–Trinajstić information content (AvgIpc) is 2.26. The zero-order valence-electron chi connectivity index (χ0n) is 9.58. The number of phenols is 1. The van der Waals surface area contributed by atoms with E-state index in [2.05, 4.69) is 11.3 Å². The molecule has 8 heteroatoms. The van der Waals surface area contributed by atoms with E-state index in [0.717, 1.165) is 18.2 Å². The fraction of sp³-hybridized carbons (Fsp3) is 0.200. The summed E-state index contributed by atoms with van der Waals surface area (Å²) in [5.41, 5.74) is -0.0555. The Morgan fingerprint density at radius 1 is 1.56 bits per heavy atom. The van der Waals surface area contributed by atoms with E-state index in [4.69, 9.17) is 0 Å². The van der Waals surface area contributed by atoms with E-state index in [9.17, 15) is 23.6 Å². The number of benzene rings is 1. The summed E-state index contributed by atoms with van der Waals surface area (Å²) in [5, 5.41) is 19.8. The van der Waals surface area contributed by atoms with E-state index in [1.165, 1.54) is 0 Å². The first-order valence-corrected chi connectivity index (χ1v) is 6.34. The summed E-state index contributed by atoms with van der Waals surface area (Å²) in [4.78, 5) is 9.45. The van der Waals surface area contributed by atoms with Gasteiger partial charge in [0.1, 0.15) is 0 Å². The van der Waals surface area contributed by atoms with Gasteiger partial charge in [0.25, 0.3) is 0 Å². The molecular weight excluding hydrogens is 260 g/mol. The minimum Gasteiger partial charge on any atom is -0.502 e. The molecule has 0 spiro atoms. The van der Waals surface area contributed by atoms with Crippen molar-refractivity contribution in [3.8, 4) is 5.75 Å². The SMILES string of the molecule is C=C(C)CNS(=O)(=O)c1ccc(O)c([N+](=O)[O-])c1. The fourth-order valence-electron chi connectivity index (χ4n) is 1.12. The number of aromatic hydroxyl groups is 1. The second-order valence-corrected chi connectivity index (χ2v) is 5.46. The van der Waals surface area contributed by atoms with Gasteiger partial charge in [-0.05, 0) is 19.1 Å². The highest BCUT2D eigenvalue weighted by Crippen LogP contribution is 2.28. The summed E-state index contributed by atoms with van der Waals surface area (Å²) in [6.45, 7) is 5.22. The molecule has 0 atom stereocenters. The van der Waals surface area contributed by atoms with Gasteiger partial charge in [0.05, 0.1) is 9.82 Å². The van der Waals surface area contributed by atoms with Crippen LogP contribution in [0.3, 0.4) is 0 Å². The molecule has 18 heavy (non-hydrogen) atoms. The predicted molar refractivity (Wildman–Crippen MR) is 64.8 cm³/mol. The maximum Gasteiger partial charge on any atom is 0.312 e. The zero-order valence-corrected chi connectivity index (χ0v) is 10.4. The zero-order chi connectivity index (χ0) is 13.9. The van der Waals surface area contributed by atoms with Crippen molar-refractivity contribution < 1.29 is 18.4 Å². The van der Waals surface area contributed by atoms with E-state index in [1.54, 1.807) is 6.92 Å². The topological polar surface area (TPSA) is 110 Å². The van der Waals surface area contributed by atoms with Crippen molar-refractivity contribution in [1.29, 1.82) is 0 Å². The Hall–Kier alpha value is -1.93. The summed E-state index contributed by atoms with van der Waals surface area (Å²) in [6, 6.07) is 2.85. The van der Waals surface area contributed by atoms with Crippen LogP contribution in [0, 0.1) is 10.1 Å². The Bertz CT molecular complexity index is 594. The van der Waals surface area contributed by atoms with Crippen molar-refractivity contribution in [3.05, 3.63) is 40.5 Å². The molecular formula is C10H12N2O5S. The van der Waals surface area contributed by atoms with Crippen LogP contribution in [0.15, 0.2) is 35.2 Å². The molecule has 1 aromatic rings. The lowest BCUT2D eigenvalue weighted by Crippen LogP contribution is -2.25. The highest BCUT2D eigenvalue weighted by Gasteiger charge is 2.20. The Morgan fingerprint density at radius 3 is 2.67 bits per heavy atom. The third kappa shape index (κ3) is 3.28. The van der Waals surface area contributed by atoms with Gasteiger partial charge in [0.15, 0.2) is 5.75 Å². The molecule has 0 amide bonds. The first-order chi connectivity index (χ1) is 8.24. The van der Waals surface area contributed by atoms with Crippen LogP contribution in [-0.4, -0.2) is 25.0 Å². The van der Waals surface area contributed by atoms with Crippen molar-refractivity contribution in [2.75, 3.05) is 6.54 Å². The first-order valence-electron chi connectivity index (χ1n) is 4.85. The molecule has 2 N–H and O–H groups in total. The van der Waals surface area contributed by atoms with E-state index >= 15 is 0 Å². The van der Waals surface area contributed by atoms with Crippen LogP contribution >= 0.6 is 0 Å². The molecule has 0 fully saturated rings. The van der Waals surface area contributed by atoms with Crippen molar-refractivity contribution in [1.82, 2.24) is 4.72 Å². The predicted octanol–water partition coefficient (Wildman–Crippen LogP) is 1.15. The molecule has 0 bridgehead atoms. The highest BCUT2D eigenvalue weighted by molar-refractivity contribution is 7.89. The largest absolute Gasteiger partial charge is 0.502 e. The Kier molecular flexibility index (Phi) is 4.04. The summed E-state index contributed by atoms with van der Waals surface area (Å²) >= 11 is 0. The van der Waals surface area contributed by atoms with Gasteiger partial charge in [-0.15, -0.1) is 0 Å². The lowest BCUT2D eigenvalue weighted by atomic mass is 10.3. The van der Waals surface area contributed by atoms with Gasteiger partial charge in [0, 0.05) is 12.6 Å². The number of sulfonamides is 1. The van der Waals surface area contributed by atoms with Crippen LogP contribution in [0.4, 0.5) is 5.69 Å². The van der Waals surface area contributed by atoms with E-state index in [-0.39, 0.29) is 11.4 Å². The molecule has 0 saturated carbocycles. The molecule has 1 aromatic carbocycles. The van der Waals surface area contributed by atoms with Crippen LogP contribution < -0.4 is 4.72 Å². The standard InChI is InChI=1S/C10H12N2O5S/c1-7(2)6-11-18(16,17)8-3-4-10(13)9(5-8)12(14)15/h3-5,11,13H,1,6H2,2H3. The number of rotatable bonds is 5. The van der Waals surface area contributed by atoms with Crippen LogP contribution in [-0.2, 0) is 10.0 Å². The normalized spacial score (nSPS) is 11.2. The molecule has 1 rings (SSSR count). The first kappa shape index (κ1) is 14.1. The van der Waals surface area contributed by atoms with Gasteiger partial charge in [-0.2, -0.15) is 0 Å². The molecule has 0 radical (unpaired) electrons. The van der Waals surface area contributed by atoms with Gasteiger partial charge in [-0.3, -0.25) is 10.1 Å². The molecule has 0 aliphatic heterocycles. The van der Waals surface area contributed by atoms with Crippen molar-refractivity contribution in [3.63, 3.8) is 0 Å². The van der Waals surface area contributed by atoms with Gasteiger partial charge in [-0.1, -0.05) is 12.2 Å². The third-order valence-electron chi connectivity index (χ3n) is 2.02. The maximum absolute atomic E-state index is 11.8. The van der Waals surface area contributed by atoms with E-state index in [1.807, 2.05) is 0 Å². The van der Waals surface area contributed by atoms with Crippen molar-refractivity contribution >= 4 is 15.7 Å². The molecule has 0 aromatic heterocycles. The number of nitrogens with zero attached hydrogens (tertiary/aromatic N) is 1. The van der Waals surface area contributed by atoms with Crippen molar-refractivity contribution in [2.45, 2.75) is 11.8 Å². The molecule has 0 aliphatic rings. The van der Waals surface area contributed by atoms with Crippen LogP contribution in [0.25, 0.3) is 0 Å². The minimum atomic E-state index is -3.85. The minimum absolute atomic E-state index is 0.0387. The number of nitrogens with one attached hydrogen (secondary N) is 1. The summed E-state index contributed by atoms with van der Waals surface area (Å²) in [5.74, 6) is -0.584. The number of hydrogen-bond acceptors (Lipinski definition) is 5. The van der Waals surface area contributed by atoms with Gasteiger partial charge >= 0.3 is 5.69 Å². The molecule has 0 aliphatic carbocycles. The average molecular weight is 272 g/mol. The van der Waals surface area contributed by atoms with Crippen LogP contribution in [0.5, 0.6) is 5.75 Å². The van der Waals surface area contributed by atoms with Gasteiger partial charge in [-0.25, -0.2) is 13.1 Å². The Balaban J connectivity index is 3.14. The number of phenolic OH excluding ortho intramolecular Hbond substituents is 1. The van der Waals surface area contributed by atoms with Crippen LogP contribution in [0.1, 0.15) is 6.92 Å². The number of nitro groups is 1. The monoisotopic (exact) mass is 272 g/mol. The maximum atomic E-state index is 11.8. The van der Waals surface area contributed by atoms with Crippen LogP contribution in [0.2, 0.25) is 0 Å². The summed E-state index contributed by atoms with van der Waals surface area (Å²) < 4.78 is 25.8. The van der Waals surface area contributed by atoms with E-state index in [0.29, 0.717) is 5.57 Å². The van der Waals surface area contributed by atoms with Gasteiger partial charge in [0.2, 0.25) is 10.0 Å². The highest BCUT2D eigenvalue weighted by atomic mass is 32.2. The van der Waals surface area contributed by atoms with E-state index < -0.39 is 26.4 Å². The molecule has 0 heterocycles. The second-order valence-electron chi connectivity index (χ2n) is 3.69. The Labute approximate surface area is 104 Å². The number of nitro benzene ring substituents is 1. The lowest BCUT2D eigenvalue weighted by Gasteiger charge is -2.06. The quantitative estimate of drug-likeness (QED) is 0.474. The molecule has 7 nitrogen and oxygen atoms in total. The molecule has 0 saturated heterocycles.